The van der Waals surface area contributed by atoms with Crippen LogP contribution < -0.4 is 4.72 Å². The normalized spacial score (nSPS) is 16.8. The maximum atomic E-state index is 13.6. The second kappa shape index (κ2) is 7.79. The van der Waals surface area contributed by atoms with Crippen LogP contribution in [-0.4, -0.2) is 58.8 Å². The number of rotatable bonds is 6. The summed E-state index contributed by atoms with van der Waals surface area (Å²) in [6.07, 6.45) is 1.88. The zero-order valence-corrected chi connectivity index (χ0v) is 15.4. The number of halogens is 1. The first-order valence-electron chi connectivity index (χ1n) is 7.82. The van der Waals surface area contributed by atoms with Gasteiger partial charge in [0.1, 0.15) is 20.5 Å². The van der Waals surface area contributed by atoms with Crippen molar-refractivity contribution < 1.29 is 26.0 Å². The van der Waals surface area contributed by atoms with E-state index in [-0.39, 0.29) is 18.9 Å². The zero-order valence-electron chi connectivity index (χ0n) is 13.8. The van der Waals surface area contributed by atoms with Gasteiger partial charge in [0.25, 0.3) is 0 Å². The third kappa shape index (κ3) is 5.23. The smallest absolute Gasteiger partial charge is 0.243 e. The van der Waals surface area contributed by atoms with E-state index in [0.717, 1.165) is 12.1 Å². The van der Waals surface area contributed by atoms with Crippen LogP contribution in [0.25, 0.3) is 0 Å². The maximum absolute atomic E-state index is 13.6. The average Bonchev–Trinajstić information content (AvgIpc) is 2.54. The molecule has 1 amide bonds. The largest absolute Gasteiger partial charge is 0.343 e. The molecule has 1 N–H and O–H groups in total. The SMILES string of the molecule is CS(=O)(=O)C1CCN(C(=O)CCNS(=O)(=O)c2ccccc2F)CC1. The molecule has 1 aromatic rings. The van der Waals surface area contributed by atoms with E-state index in [1.807, 2.05) is 0 Å². The van der Waals surface area contributed by atoms with Crippen molar-refractivity contribution in [1.82, 2.24) is 9.62 Å². The van der Waals surface area contributed by atoms with E-state index < -0.39 is 35.8 Å². The molecule has 10 heteroatoms. The van der Waals surface area contributed by atoms with Crippen LogP contribution in [0.4, 0.5) is 4.39 Å². The summed E-state index contributed by atoms with van der Waals surface area (Å²) in [7, 11) is -7.13. The molecule has 1 heterocycles. The standard InChI is InChI=1S/C15H21FN2O5S2/c1-24(20,21)12-7-10-18(11-8-12)15(19)6-9-17-25(22,23)14-5-3-2-4-13(14)16/h2-5,12,17H,6-11H2,1H3. The summed E-state index contributed by atoms with van der Waals surface area (Å²) in [6.45, 7) is 0.509. The lowest BCUT2D eigenvalue weighted by Gasteiger charge is -2.31. The lowest BCUT2D eigenvalue weighted by atomic mass is 10.1. The Morgan fingerprint density at radius 1 is 1.20 bits per heavy atom. The highest BCUT2D eigenvalue weighted by molar-refractivity contribution is 7.91. The van der Waals surface area contributed by atoms with Crippen LogP contribution in [0.2, 0.25) is 0 Å². The Labute approximate surface area is 147 Å². The molecule has 0 unspecified atom stereocenters. The summed E-state index contributed by atoms with van der Waals surface area (Å²) in [4.78, 5) is 13.2. The van der Waals surface area contributed by atoms with Crippen LogP contribution in [0.3, 0.4) is 0 Å². The number of likely N-dealkylation sites (tertiary alicyclic amines) is 1. The number of carbonyl (C=O) groups excluding carboxylic acids is 1. The van der Waals surface area contributed by atoms with Crippen LogP contribution in [0.15, 0.2) is 29.2 Å². The van der Waals surface area contributed by atoms with Crippen molar-refractivity contribution >= 4 is 25.8 Å². The first kappa shape index (κ1) is 19.8. The van der Waals surface area contributed by atoms with Gasteiger partial charge in [-0.15, -0.1) is 0 Å². The van der Waals surface area contributed by atoms with Crippen LogP contribution in [-0.2, 0) is 24.7 Å². The quantitative estimate of drug-likeness (QED) is 0.761. The van der Waals surface area contributed by atoms with Crippen molar-refractivity contribution in [2.75, 3.05) is 25.9 Å². The summed E-state index contributed by atoms with van der Waals surface area (Å²) in [5, 5.41) is -0.434. The highest BCUT2D eigenvalue weighted by Crippen LogP contribution is 2.18. The minimum Gasteiger partial charge on any atom is -0.343 e. The molecule has 0 atom stereocenters. The Bertz CT molecular complexity index is 831. The topological polar surface area (TPSA) is 101 Å². The van der Waals surface area contributed by atoms with Gasteiger partial charge in [0.2, 0.25) is 15.9 Å². The summed E-state index contributed by atoms with van der Waals surface area (Å²) >= 11 is 0. The number of sulfonamides is 1. The van der Waals surface area contributed by atoms with Crippen molar-refractivity contribution in [3.8, 4) is 0 Å². The van der Waals surface area contributed by atoms with Crippen molar-refractivity contribution in [2.24, 2.45) is 0 Å². The molecule has 0 radical (unpaired) electrons. The second-order valence-electron chi connectivity index (χ2n) is 5.99. The molecule has 140 valence electrons. The number of nitrogens with zero attached hydrogens (tertiary/aromatic N) is 1. The monoisotopic (exact) mass is 392 g/mol. The van der Waals surface area contributed by atoms with E-state index in [1.54, 1.807) is 0 Å². The van der Waals surface area contributed by atoms with E-state index in [9.17, 15) is 26.0 Å². The number of nitrogens with one attached hydrogen (secondary N) is 1. The van der Waals surface area contributed by atoms with Gasteiger partial charge in [0.15, 0.2) is 0 Å². The van der Waals surface area contributed by atoms with Crippen LogP contribution >= 0.6 is 0 Å². The summed E-state index contributed by atoms with van der Waals surface area (Å²) in [5.74, 6) is -1.12. The number of hydrogen-bond donors (Lipinski definition) is 1. The van der Waals surface area contributed by atoms with E-state index in [1.165, 1.54) is 23.3 Å². The highest BCUT2D eigenvalue weighted by Gasteiger charge is 2.28. The fourth-order valence-corrected chi connectivity index (χ4v) is 4.90. The number of benzene rings is 1. The predicted molar refractivity (Wildman–Crippen MR) is 90.7 cm³/mol. The summed E-state index contributed by atoms with van der Waals surface area (Å²) in [5.41, 5.74) is 0. The van der Waals surface area contributed by atoms with Crippen LogP contribution in [0.5, 0.6) is 0 Å². The zero-order chi connectivity index (χ0) is 18.7. The van der Waals surface area contributed by atoms with E-state index in [4.69, 9.17) is 0 Å². The van der Waals surface area contributed by atoms with Gasteiger partial charge in [-0.2, -0.15) is 0 Å². The second-order valence-corrected chi connectivity index (χ2v) is 10.0. The van der Waals surface area contributed by atoms with Gasteiger partial charge >= 0.3 is 0 Å². The number of amides is 1. The van der Waals surface area contributed by atoms with Gasteiger partial charge in [0.05, 0.1) is 5.25 Å². The summed E-state index contributed by atoms with van der Waals surface area (Å²) < 4.78 is 62.8. The molecule has 1 saturated heterocycles. The first-order chi connectivity index (χ1) is 11.6. The van der Waals surface area contributed by atoms with Crippen LogP contribution in [0, 0.1) is 5.82 Å². The third-order valence-corrected chi connectivity index (χ3v) is 7.33. The molecule has 25 heavy (non-hydrogen) atoms. The Hall–Kier alpha value is -1.52. The highest BCUT2D eigenvalue weighted by atomic mass is 32.2. The van der Waals surface area contributed by atoms with Crippen LogP contribution in [0.1, 0.15) is 19.3 Å². The molecule has 1 aliphatic rings. The molecule has 0 spiro atoms. The molecule has 0 aromatic heterocycles. The lowest BCUT2D eigenvalue weighted by Crippen LogP contribution is -2.43. The molecular weight excluding hydrogens is 371 g/mol. The molecule has 1 fully saturated rings. The molecule has 0 aliphatic carbocycles. The lowest BCUT2D eigenvalue weighted by molar-refractivity contribution is -0.131. The molecule has 2 rings (SSSR count). The fraction of sp³-hybridized carbons (Fsp3) is 0.533. The van der Waals surface area contributed by atoms with Gasteiger partial charge < -0.3 is 4.90 Å². The third-order valence-electron chi connectivity index (χ3n) is 4.16. The average molecular weight is 392 g/mol. The Kier molecular flexibility index (Phi) is 6.17. The number of hydrogen-bond acceptors (Lipinski definition) is 5. The van der Waals surface area contributed by atoms with Gasteiger partial charge in [-0.3, -0.25) is 4.79 Å². The molecule has 0 bridgehead atoms. The van der Waals surface area contributed by atoms with E-state index >= 15 is 0 Å². The van der Waals surface area contributed by atoms with Gasteiger partial charge in [0, 0.05) is 32.3 Å². The maximum Gasteiger partial charge on any atom is 0.243 e. The fourth-order valence-electron chi connectivity index (χ4n) is 2.72. The summed E-state index contributed by atoms with van der Waals surface area (Å²) in [6, 6.07) is 4.99. The first-order valence-corrected chi connectivity index (χ1v) is 11.3. The molecule has 1 aromatic carbocycles. The van der Waals surface area contributed by atoms with Crippen molar-refractivity contribution in [1.29, 1.82) is 0 Å². The minimum atomic E-state index is -4.02. The van der Waals surface area contributed by atoms with Crippen molar-refractivity contribution in [3.05, 3.63) is 30.1 Å². The Morgan fingerprint density at radius 3 is 2.36 bits per heavy atom. The number of piperidine rings is 1. The van der Waals surface area contributed by atoms with Gasteiger partial charge in [-0.05, 0) is 25.0 Å². The predicted octanol–water partition coefficient (Wildman–Crippen LogP) is 0.530. The van der Waals surface area contributed by atoms with Crippen molar-refractivity contribution in [2.45, 2.75) is 29.4 Å². The molecule has 1 aliphatic heterocycles. The number of carbonyl (C=O) groups is 1. The molecule has 0 saturated carbocycles. The van der Waals surface area contributed by atoms with Gasteiger partial charge in [-0.25, -0.2) is 25.9 Å². The Morgan fingerprint density at radius 2 is 1.80 bits per heavy atom. The van der Waals surface area contributed by atoms with Gasteiger partial charge in [-0.1, -0.05) is 12.1 Å². The number of sulfone groups is 1. The Balaban J connectivity index is 1.84. The van der Waals surface area contributed by atoms with E-state index in [2.05, 4.69) is 4.72 Å². The molecule has 7 nitrogen and oxygen atoms in total. The van der Waals surface area contributed by atoms with Crippen molar-refractivity contribution in [3.63, 3.8) is 0 Å². The molecular formula is C15H21FN2O5S2. The minimum absolute atomic E-state index is 0.0722. The van der Waals surface area contributed by atoms with E-state index in [0.29, 0.717) is 25.9 Å².